The minimum Gasteiger partial charge on any atom is -0.482 e. The molecule has 3 aromatic carbocycles. The Bertz CT molecular complexity index is 1240. The molecule has 4 aromatic rings. The highest BCUT2D eigenvalue weighted by atomic mass is 35.5. The zero-order valence-corrected chi connectivity index (χ0v) is 16.9. The molecule has 0 saturated carbocycles. The largest absolute Gasteiger partial charge is 0.482 e. The van der Waals surface area contributed by atoms with Crippen molar-refractivity contribution in [3.8, 4) is 22.6 Å². The summed E-state index contributed by atoms with van der Waals surface area (Å²) >= 11 is 6.88. The summed E-state index contributed by atoms with van der Waals surface area (Å²) in [4.78, 5) is 23.6. The number of rotatable bonds is 5. The second-order valence-electron chi connectivity index (χ2n) is 6.29. The second kappa shape index (κ2) is 8.11. The summed E-state index contributed by atoms with van der Waals surface area (Å²) in [6.07, 6.45) is 0. The lowest BCUT2D eigenvalue weighted by Gasteiger charge is -2.10. The van der Waals surface area contributed by atoms with Crippen LogP contribution in [0.2, 0.25) is 5.02 Å². The van der Waals surface area contributed by atoms with E-state index in [0.29, 0.717) is 32.4 Å². The minimum atomic E-state index is -0.562. The summed E-state index contributed by atoms with van der Waals surface area (Å²) in [5, 5.41) is 0.596. The van der Waals surface area contributed by atoms with Gasteiger partial charge in [0.25, 0.3) is 0 Å². The van der Waals surface area contributed by atoms with Gasteiger partial charge in [-0.05, 0) is 42.3 Å². The van der Waals surface area contributed by atoms with Gasteiger partial charge in [0.2, 0.25) is 0 Å². The lowest BCUT2D eigenvalue weighted by atomic mass is 10.0. The van der Waals surface area contributed by atoms with Crippen LogP contribution in [0.25, 0.3) is 21.4 Å². The number of carbonyl (C=O) groups excluding carboxylic acids is 1. The molecule has 0 saturated heterocycles. The summed E-state index contributed by atoms with van der Waals surface area (Å²) in [5.74, 6) is 0.309. The van der Waals surface area contributed by atoms with E-state index in [0.717, 1.165) is 22.5 Å². The lowest BCUT2D eigenvalue weighted by Crippen LogP contribution is -2.18. The normalized spacial score (nSPS) is 10.8. The Labute approximate surface area is 175 Å². The Balaban J connectivity index is 1.57. The Morgan fingerprint density at radius 2 is 1.90 bits per heavy atom. The van der Waals surface area contributed by atoms with Gasteiger partial charge in [-0.2, -0.15) is 0 Å². The molecule has 5 nitrogen and oxygen atoms in total. The fourth-order valence-electron chi connectivity index (χ4n) is 2.92. The Morgan fingerprint density at radius 1 is 1.10 bits per heavy atom. The van der Waals surface area contributed by atoms with Crippen molar-refractivity contribution >= 4 is 39.2 Å². The number of ether oxygens (including phenoxy) is 2. The van der Waals surface area contributed by atoms with Crippen LogP contribution in [0.5, 0.6) is 11.5 Å². The zero-order valence-electron chi connectivity index (χ0n) is 15.3. The van der Waals surface area contributed by atoms with Crippen molar-refractivity contribution in [1.82, 2.24) is 0 Å². The molecular weight excluding hydrogens is 412 g/mol. The molecule has 0 aliphatic heterocycles. The molecule has 1 aromatic heterocycles. The van der Waals surface area contributed by atoms with Gasteiger partial charge in [0.1, 0.15) is 11.5 Å². The number of benzene rings is 3. The van der Waals surface area contributed by atoms with E-state index in [1.165, 1.54) is 0 Å². The van der Waals surface area contributed by atoms with Gasteiger partial charge < -0.3 is 13.9 Å². The van der Waals surface area contributed by atoms with Crippen molar-refractivity contribution < 1.29 is 18.7 Å². The van der Waals surface area contributed by atoms with Crippen molar-refractivity contribution in [2.24, 2.45) is 0 Å². The predicted molar refractivity (Wildman–Crippen MR) is 113 cm³/mol. The zero-order chi connectivity index (χ0) is 20.4. The number of fused-ring (bicyclic) bond motifs is 1. The molecule has 0 aliphatic rings. The fraction of sp³-hybridized carbons (Fsp3) is 0.0909. The molecule has 0 fully saturated rings. The molecule has 0 bridgehead atoms. The van der Waals surface area contributed by atoms with Gasteiger partial charge in [-0.1, -0.05) is 53.3 Å². The van der Waals surface area contributed by atoms with Crippen molar-refractivity contribution in [2.75, 3.05) is 6.61 Å². The van der Waals surface area contributed by atoms with Crippen molar-refractivity contribution in [1.29, 1.82) is 0 Å². The van der Waals surface area contributed by atoms with Gasteiger partial charge in [-0.3, -0.25) is 0 Å². The van der Waals surface area contributed by atoms with Crippen LogP contribution in [0.4, 0.5) is 0 Å². The average molecular weight is 427 g/mol. The first-order valence-corrected chi connectivity index (χ1v) is 9.92. The smallest absolute Gasteiger partial charge is 0.396 e. The van der Waals surface area contributed by atoms with E-state index in [4.69, 9.17) is 25.5 Å². The standard InChI is InChI=1S/C22H15ClO5S/c1-13-9-15(23)7-8-18(13)26-12-20(24)27-16-10-17(14-5-3-2-4-6-14)21-19(11-16)29-22(25)28-21/h2-11H,12H2,1H3. The molecule has 0 aliphatic carbocycles. The first kappa shape index (κ1) is 19.2. The van der Waals surface area contributed by atoms with Crippen molar-refractivity contribution in [2.45, 2.75) is 6.92 Å². The molecule has 146 valence electrons. The van der Waals surface area contributed by atoms with E-state index < -0.39 is 10.9 Å². The summed E-state index contributed by atoms with van der Waals surface area (Å²) in [7, 11) is 0. The topological polar surface area (TPSA) is 65.7 Å². The lowest BCUT2D eigenvalue weighted by molar-refractivity contribution is -0.136. The third kappa shape index (κ3) is 4.34. The van der Waals surface area contributed by atoms with Crippen LogP contribution >= 0.6 is 22.9 Å². The van der Waals surface area contributed by atoms with Crippen LogP contribution in [0.3, 0.4) is 0 Å². The Morgan fingerprint density at radius 3 is 2.66 bits per heavy atom. The maximum atomic E-state index is 12.3. The van der Waals surface area contributed by atoms with Gasteiger partial charge in [-0.25, -0.2) is 9.59 Å². The highest BCUT2D eigenvalue weighted by Gasteiger charge is 2.15. The van der Waals surface area contributed by atoms with Gasteiger partial charge in [-0.15, -0.1) is 0 Å². The summed E-state index contributed by atoms with van der Waals surface area (Å²) in [6, 6.07) is 17.9. The molecule has 0 N–H and O–H groups in total. The third-order valence-electron chi connectivity index (χ3n) is 4.21. The SMILES string of the molecule is Cc1cc(Cl)ccc1OCC(=O)Oc1cc(-c2ccccc2)c2oc(=O)sc2c1. The first-order valence-electron chi connectivity index (χ1n) is 8.72. The first-order chi connectivity index (χ1) is 14.0. The quantitative estimate of drug-likeness (QED) is 0.313. The Hall–Kier alpha value is -3.09. The molecule has 29 heavy (non-hydrogen) atoms. The van der Waals surface area contributed by atoms with Crippen molar-refractivity contribution in [3.05, 3.63) is 81.0 Å². The number of esters is 1. The van der Waals surface area contributed by atoms with E-state index in [1.54, 1.807) is 30.3 Å². The van der Waals surface area contributed by atoms with E-state index >= 15 is 0 Å². The number of hydrogen-bond acceptors (Lipinski definition) is 6. The predicted octanol–water partition coefficient (Wildman–Crippen LogP) is 5.47. The summed E-state index contributed by atoms with van der Waals surface area (Å²) < 4.78 is 16.9. The van der Waals surface area contributed by atoms with E-state index in [1.807, 2.05) is 37.3 Å². The second-order valence-corrected chi connectivity index (χ2v) is 7.70. The molecule has 0 radical (unpaired) electrons. The molecule has 1 heterocycles. The molecular formula is C22H15ClO5S. The number of hydrogen-bond donors (Lipinski definition) is 0. The highest BCUT2D eigenvalue weighted by molar-refractivity contribution is 7.16. The summed E-state index contributed by atoms with van der Waals surface area (Å²) in [5.41, 5.74) is 2.82. The van der Waals surface area contributed by atoms with Gasteiger partial charge in [0.05, 0.1) is 4.70 Å². The average Bonchev–Trinajstić information content (AvgIpc) is 3.07. The molecule has 0 atom stereocenters. The Kier molecular flexibility index (Phi) is 5.38. The van der Waals surface area contributed by atoms with Crippen molar-refractivity contribution in [3.63, 3.8) is 0 Å². The molecule has 0 unspecified atom stereocenters. The monoisotopic (exact) mass is 426 g/mol. The fourth-order valence-corrected chi connectivity index (χ4v) is 3.87. The third-order valence-corrected chi connectivity index (χ3v) is 5.21. The molecule has 7 heteroatoms. The summed E-state index contributed by atoms with van der Waals surface area (Å²) in [6.45, 7) is 1.58. The molecule has 4 rings (SSSR count). The van der Waals surface area contributed by atoms with Crippen LogP contribution in [-0.4, -0.2) is 12.6 Å². The van der Waals surface area contributed by atoms with Crippen LogP contribution in [0.15, 0.2) is 69.9 Å². The molecule has 0 spiro atoms. The van der Waals surface area contributed by atoms with Crippen LogP contribution in [0, 0.1) is 6.92 Å². The number of aryl methyl sites for hydroxylation is 1. The van der Waals surface area contributed by atoms with Crippen LogP contribution in [-0.2, 0) is 4.79 Å². The maximum absolute atomic E-state index is 12.3. The number of carbonyl (C=O) groups is 1. The van der Waals surface area contributed by atoms with Crippen LogP contribution in [0.1, 0.15) is 5.56 Å². The maximum Gasteiger partial charge on any atom is 0.396 e. The van der Waals surface area contributed by atoms with E-state index in [9.17, 15) is 9.59 Å². The van der Waals surface area contributed by atoms with Gasteiger partial charge in [0.15, 0.2) is 12.2 Å². The van der Waals surface area contributed by atoms with Gasteiger partial charge >= 0.3 is 10.9 Å². The van der Waals surface area contributed by atoms with Crippen LogP contribution < -0.4 is 14.4 Å². The van der Waals surface area contributed by atoms with E-state index in [2.05, 4.69) is 0 Å². The number of halogens is 1. The minimum absolute atomic E-state index is 0.261. The highest BCUT2D eigenvalue weighted by Crippen LogP contribution is 2.34. The van der Waals surface area contributed by atoms with E-state index in [-0.39, 0.29) is 6.61 Å². The molecule has 0 amide bonds. The van der Waals surface area contributed by atoms with Gasteiger partial charge in [0, 0.05) is 16.7 Å².